The number of benzene rings is 2. The number of carboxylic acids is 1. The Kier molecular flexibility index (Phi) is 15.5. The first-order chi connectivity index (χ1) is 15.4. The molecular weight excluding hydrogens is 468 g/mol. The molecule has 4 N–H and O–H groups in total. The van der Waals surface area contributed by atoms with Crippen LogP contribution in [0.25, 0.3) is 22.5 Å². The molecule has 0 saturated carbocycles. The van der Waals surface area contributed by atoms with Gasteiger partial charge in [-0.05, 0) is 39.5 Å². The number of hydrogen-bond acceptors (Lipinski definition) is 5. The fraction of sp³-hybridized carbons (Fsp3) is 0.375. The third-order valence-corrected chi connectivity index (χ3v) is 5.43. The zero-order chi connectivity index (χ0) is 23.1. The molecule has 2 aromatic carbocycles. The molecule has 11 heteroatoms. The van der Waals surface area contributed by atoms with Crippen molar-refractivity contribution in [3.63, 3.8) is 0 Å². The standard InChI is InChI=1S/C24H29N5O3.2Na.H2O.2H/c1-4-5-10-21(30)29(22(16(2)3)24(31)32)15-17-11-13-18(14-12-17)19-8-6-7-9-20(19)23-25-27-28-26-23;;;;;/h6-9,11-14,16,22H,4-5,10,15H2,1-3H3,(H,31,32)(H,25,26,27,28);;;1H2;;/t22-;;;;;/m0...../s1. The maximum atomic E-state index is 12.9. The number of aromatic amines is 1. The second kappa shape index (κ2) is 16.2. The third kappa shape index (κ3) is 8.78. The van der Waals surface area contributed by atoms with E-state index in [0.717, 1.165) is 35.1 Å². The predicted molar refractivity (Wildman–Crippen MR) is 139 cm³/mol. The fourth-order valence-corrected chi connectivity index (χ4v) is 3.79. The van der Waals surface area contributed by atoms with E-state index in [0.29, 0.717) is 12.2 Å². The van der Waals surface area contributed by atoms with Crippen LogP contribution in [0.1, 0.15) is 45.6 Å². The van der Waals surface area contributed by atoms with Gasteiger partial charge in [0, 0.05) is 18.5 Å². The van der Waals surface area contributed by atoms with E-state index in [9.17, 15) is 14.7 Å². The van der Waals surface area contributed by atoms with E-state index < -0.39 is 12.0 Å². The molecule has 0 fully saturated rings. The summed E-state index contributed by atoms with van der Waals surface area (Å²) < 4.78 is 0. The van der Waals surface area contributed by atoms with Crippen LogP contribution in [-0.4, -0.2) is 113 Å². The minimum atomic E-state index is -0.976. The van der Waals surface area contributed by atoms with E-state index in [4.69, 9.17) is 0 Å². The van der Waals surface area contributed by atoms with Crippen molar-refractivity contribution in [2.75, 3.05) is 0 Å². The number of carbonyl (C=O) groups excluding carboxylic acids is 1. The number of nitrogens with one attached hydrogen (secondary N) is 1. The van der Waals surface area contributed by atoms with Crippen LogP contribution in [0.15, 0.2) is 48.5 Å². The van der Waals surface area contributed by atoms with Gasteiger partial charge >= 0.3 is 65.1 Å². The molecule has 1 heterocycles. The first kappa shape index (κ1) is 33.4. The van der Waals surface area contributed by atoms with Gasteiger partial charge in [0.15, 0.2) is 5.82 Å². The SMILES string of the molecule is CCCCC(=O)N(Cc1ccc(-c2ccccc2-c2nnn[nH]2)cc1)[C@H](C(=O)O)C(C)C.O.[NaH].[NaH]. The van der Waals surface area contributed by atoms with Gasteiger partial charge in [-0.2, -0.15) is 0 Å². The molecule has 0 radical (unpaired) electrons. The van der Waals surface area contributed by atoms with Crippen molar-refractivity contribution in [1.82, 2.24) is 25.5 Å². The van der Waals surface area contributed by atoms with Crippen LogP contribution in [0.2, 0.25) is 0 Å². The van der Waals surface area contributed by atoms with E-state index in [1.54, 1.807) is 0 Å². The molecule has 0 aliphatic rings. The van der Waals surface area contributed by atoms with Crippen molar-refractivity contribution < 1.29 is 20.2 Å². The molecule has 1 atom stereocenters. The van der Waals surface area contributed by atoms with Crippen LogP contribution in [0, 0.1) is 5.92 Å². The first-order valence-electron chi connectivity index (χ1n) is 10.9. The van der Waals surface area contributed by atoms with Gasteiger partial charge < -0.3 is 15.5 Å². The Morgan fingerprint density at radius 2 is 1.66 bits per heavy atom. The normalized spacial score (nSPS) is 11.0. The molecule has 0 aliphatic heterocycles. The molecule has 0 aliphatic carbocycles. The van der Waals surface area contributed by atoms with E-state index in [1.807, 2.05) is 69.3 Å². The molecule has 0 saturated heterocycles. The molecule has 180 valence electrons. The van der Waals surface area contributed by atoms with Crippen molar-refractivity contribution in [1.29, 1.82) is 0 Å². The van der Waals surface area contributed by atoms with Crippen LogP contribution in [0.3, 0.4) is 0 Å². The van der Waals surface area contributed by atoms with Crippen LogP contribution in [0.5, 0.6) is 0 Å². The number of hydrogen-bond donors (Lipinski definition) is 2. The van der Waals surface area contributed by atoms with E-state index in [1.165, 1.54) is 4.90 Å². The minimum absolute atomic E-state index is 0. The van der Waals surface area contributed by atoms with E-state index in [-0.39, 0.29) is 83.0 Å². The van der Waals surface area contributed by atoms with Crippen LogP contribution in [0.4, 0.5) is 0 Å². The average Bonchev–Trinajstić information content (AvgIpc) is 3.32. The fourth-order valence-electron chi connectivity index (χ4n) is 3.79. The van der Waals surface area contributed by atoms with Crippen LogP contribution >= 0.6 is 0 Å². The van der Waals surface area contributed by atoms with Crippen LogP contribution in [-0.2, 0) is 16.1 Å². The van der Waals surface area contributed by atoms with Gasteiger partial charge in [-0.1, -0.05) is 75.7 Å². The summed E-state index contributed by atoms with van der Waals surface area (Å²) in [6.45, 7) is 5.93. The molecule has 0 unspecified atom stereocenters. The Hall–Kier alpha value is -1.59. The number of carboxylic acid groups (broad SMARTS) is 1. The Morgan fingerprint density at radius 3 is 2.17 bits per heavy atom. The number of unbranched alkanes of at least 4 members (excludes halogenated alkanes) is 1. The molecule has 3 rings (SSSR count). The number of carbonyl (C=O) groups is 2. The van der Waals surface area contributed by atoms with Gasteiger partial charge in [0.1, 0.15) is 6.04 Å². The molecule has 0 bridgehead atoms. The average molecular weight is 502 g/mol. The Balaban J connectivity index is 0.00000385. The second-order valence-electron chi connectivity index (χ2n) is 8.14. The second-order valence-corrected chi connectivity index (χ2v) is 8.14. The summed E-state index contributed by atoms with van der Waals surface area (Å²) in [4.78, 5) is 26.3. The monoisotopic (exact) mass is 501 g/mol. The molecule has 9 nitrogen and oxygen atoms in total. The molecule has 35 heavy (non-hydrogen) atoms. The van der Waals surface area contributed by atoms with E-state index in [2.05, 4.69) is 20.6 Å². The van der Waals surface area contributed by atoms with Crippen LogP contribution < -0.4 is 0 Å². The van der Waals surface area contributed by atoms with Crippen molar-refractivity contribution in [3.8, 4) is 22.5 Å². The Bertz CT molecular complexity index is 1050. The van der Waals surface area contributed by atoms with Gasteiger partial charge in [0.05, 0.1) is 0 Å². The van der Waals surface area contributed by atoms with E-state index >= 15 is 0 Å². The summed E-state index contributed by atoms with van der Waals surface area (Å²) >= 11 is 0. The van der Waals surface area contributed by atoms with Gasteiger partial charge in [0.2, 0.25) is 5.91 Å². The summed E-state index contributed by atoms with van der Waals surface area (Å²) in [5, 5.41) is 23.9. The molecule has 1 aromatic heterocycles. The summed E-state index contributed by atoms with van der Waals surface area (Å²) in [6, 6.07) is 14.8. The van der Waals surface area contributed by atoms with Gasteiger partial charge in [0.25, 0.3) is 0 Å². The summed E-state index contributed by atoms with van der Waals surface area (Å²) in [5.41, 5.74) is 3.71. The quantitative estimate of drug-likeness (QED) is 0.407. The van der Waals surface area contributed by atoms with Crippen molar-refractivity contribution in [3.05, 3.63) is 54.1 Å². The Morgan fingerprint density at radius 1 is 1.03 bits per heavy atom. The molecule has 1 amide bonds. The summed E-state index contributed by atoms with van der Waals surface area (Å²) in [5.74, 6) is -0.713. The molecular formula is C24H33N5Na2O4. The van der Waals surface area contributed by atoms with Gasteiger partial charge in [-0.25, -0.2) is 9.89 Å². The number of H-pyrrole nitrogens is 1. The summed E-state index contributed by atoms with van der Waals surface area (Å²) in [6.07, 6.45) is 1.98. The predicted octanol–water partition coefficient (Wildman–Crippen LogP) is 2.04. The molecule has 3 aromatic rings. The first-order valence-corrected chi connectivity index (χ1v) is 10.9. The maximum absolute atomic E-state index is 12.9. The molecule has 0 spiro atoms. The third-order valence-electron chi connectivity index (χ3n) is 5.43. The number of tetrazole rings is 1. The Labute approximate surface area is 250 Å². The number of aromatic nitrogens is 4. The number of aliphatic carboxylic acids is 1. The zero-order valence-electron chi connectivity index (χ0n) is 19.2. The zero-order valence-corrected chi connectivity index (χ0v) is 19.2. The van der Waals surface area contributed by atoms with Gasteiger partial charge in [-0.15, -0.1) is 5.10 Å². The number of rotatable bonds is 10. The topological polar surface area (TPSA) is 144 Å². The van der Waals surface area contributed by atoms with Crippen molar-refractivity contribution in [2.45, 2.75) is 52.6 Å². The van der Waals surface area contributed by atoms with Crippen molar-refractivity contribution in [2.24, 2.45) is 5.92 Å². The summed E-state index contributed by atoms with van der Waals surface area (Å²) in [7, 11) is 0. The number of amides is 1. The number of nitrogens with zero attached hydrogens (tertiary/aromatic N) is 4. The van der Waals surface area contributed by atoms with Gasteiger partial charge in [-0.3, -0.25) is 4.79 Å². The van der Waals surface area contributed by atoms with Crippen molar-refractivity contribution >= 4 is 71.0 Å².